The SMILES string of the molecule is CC(C)(C)OC(=O)CC[C@H](N)C(=O)N[C@@H](Cc1cccc(C2CCCC2)c1)C(=O)O. The quantitative estimate of drug-likeness (QED) is 0.531. The number of ether oxygens (including phenoxy) is 1. The summed E-state index contributed by atoms with van der Waals surface area (Å²) in [4.78, 5) is 35.9. The molecule has 2 rings (SSSR count). The molecule has 0 bridgehead atoms. The predicted octanol–water partition coefficient (Wildman–Crippen LogP) is 2.91. The average Bonchev–Trinajstić information content (AvgIpc) is 3.19. The standard InChI is InChI=1S/C23H34N2O5/c1-23(2,3)30-20(26)12-11-18(24)21(27)25-19(22(28)29)14-15-7-6-10-17(13-15)16-8-4-5-9-16/h6-7,10,13,16,18-19H,4-5,8-9,11-12,14,24H2,1-3H3,(H,25,27)(H,28,29)/t18-,19-/m0/s1. The maximum atomic E-state index is 12.4. The minimum absolute atomic E-state index is 0.00692. The minimum Gasteiger partial charge on any atom is -0.480 e. The van der Waals surface area contributed by atoms with Crippen LogP contribution in [0.25, 0.3) is 0 Å². The van der Waals surface area contributed by atoms with E-state index in [1.807, 2.05) is 18.2 Å². The first-order chi connectivity index (χ1) is 14.0. The van der Waals surface area contributed by atoms with Gasteiger partial charge in [0.05, 0.1) is 6.04 Å². The topological polar surface area (TPSA) is 119 Å². The molecule has 1 saturated carbocycles. The lowest BCUT2D eigenvalue weighted by atomic mass is 9.94. The summed E-state index contributed by atoms with van der Waals surface area (Å²) in [6.07, 6.45) is 5.04. The minimum atomic E-state index is -1.12. The second-order valence-electron chi connectivity index (χ2n) is 9.06. The summed E-state index contributed by atoms with van der Waals surface area (Å²) in [5.41, 5.74) is 7.36. The van der Waals surface area contributed by atoms with Gasteiger partial charge in [0.25, 0.3) is 0 Å². The molecule has 30 heavy (non-hydrogen) atoms. The Morgan fingerprint density at radius 1 is 1.23 bits per heavy atom. The number of benzene rings is 1. The molecule has 0 aliphatic heterocycles. The van der Waals surface area contributed by atoms with E-state index in [9.17, 15) is 19.5 Å². The molecular weight excluding hydrogens is 384 g/mol. The predicted molar refractivity (Wildman–Crippen MR) is 114 cm³/mol. The number of aliphatic carboxylic acids is 1. The maximum Gasteiger partial charge on any atom is 0.326 e. The van der Waals surface area contributed by atoms with Crippen LogP contribution in [0.4, 0.5) is 0 Å². The van der Waals surface area contributed by atoms with Crippen LogP contribution in [-0.2, 0) is 25.5 Å². The Labute approximate surface area is 178 Å². The van der Waals surface area contributed by atoms with Gasteiger partial charge in [0, 0.05) is 12.8 Å². The molecule has 0 aromatic heterocycles. The zero-order valence-electron chi connectivity index (χ0n) is 18.1. The molecule has 4 N–H and O–H groups in total. The molecule has 0 heterocycles. The van der Waals surface area contributed by atoms with Crippen LogP contribution in [0.1, 0.15) is 76.3 Å². The van der Waals surface area contributed by atoms with Crippen molar-refractivity contribution in [2.45, 2.75) is 89.3 Å². The lowest BCUT2D eigenvalue weighted by Gasteiger charge is -2.21. The van der Waals surface area contributed by atoms with Crippen molar-refractivity contribution in [2.24, 2.45) is 5.73 Å². The van der Waals surface area contributed by atoms with E-state index in [-0.39, 0.29) is 19.3 Å². The van der Waals surface area contributed by atoms with Gasteiger partial charge in [-0.15, -0.1) is 0 Å². The van der Waals surface area contributed by atoms with Crippen molar-refractivity contribution < 1.29 is 24.2 Å². The summed E-state index contributed by atoms with van der Waals surface area (Å²) in [7, 11) is 0. The van der Waals surface area contributed by atoms with Crippen molar-refractivity contribution in [3.05, 3.63) is 35.4 Å². The number of amides is 1. The molecule has 2 atom stereocenters. The fraction of sp³-hybridized carbons (Fsp3) is 0.609. The molecule has 0 spiro atoms. The Morgan fingerprint density at radius 3 is 2.50 bits per heavy atom. The van der Waals surface area contributed by atoms with Crippen LogP contribution >= 0.6 is 0 Å². The van der Waals surface area contributed by atoms with E-state index in [0.29, 0.717) is 5.92 Å². The van der Waals surface area contributed by atoms with Gasteiger partial charge in [-0.3, -0.25) is 9.59 Å². The van der Waals surface area contributed by atoms with Crippen molar-refractivity contribution in [1.82, 2.24) is 5.32 Å². The number of hydrogen-bond acceptors (Lipinski definition) is 5. The number of carbonyl (C=O) groups excluding carboxylic acids is 2. The van der Waals surface area contributed by atoms with Crippen LogP contribution in [0, 0.1) is 0 Å². The third-order valence-electron chi connectivity index (χ3n) is 5.25. The Hall–Kier alpha value is -2.41. The number of hydrogen-bond donors (Lipinski definition) is 3. The molecular formula is C23H34N2O5. The number of carboxylic acid groups (broad SMARTS) is 1. The number of nitrogens with one attached hydrogen (secondary N) is 1. The van der Waals surface area contributed by atoms with Crippen LogP contribution in [-0.4, -0.2) is 40.6 Å². The van der Waals surface area contributed by atoms with Gasteiger partial charge < -0.3 is 20.9 Å². The lowest BCUT2D eigenvalue weighted by molar-refractivity contribution is -0.155. The van der Waals surface area contributed by atoms with E-state index >= 15 is 0 Å². The molecule has 0 unspecified atom stereocenters. The molecule has 1 amide bonds. The maximum absolute atomic E-state index is 12.4. The van der Waals surface area contributed by atoms with E-state index in [0.717, 1.165) is 18.4 Å². The fourth-order valence-corrected chi connectivity index (χ4v) is 3.74. The number of nitrogens with two attached hydrogens (primary N) is 1. The van der Waals surface area contributed by atoms with Gasteiger partial charge in [0.15, 0.2) is 0 Å². The van der Waals surface area contributed by atoms with Gasteiger partial charge in [0.2, 0.25) is 5.91 Å². The second kappa shape index (κ2) is 10.6. The second-order valence-corrected chi connectivity index (χ2v) is 9.06. The van der Waals surface area contributed by atoms with Crippen molar-refractivity contribution in [2.75, 3.05) is 0 Å². The van der Waals surface area contributed by atoms with Crippen molar-refractivity contribution >= 4 is 17.8 Å². The van der Waals surface area contributed by atoms with E-state index < -0.39 is 35.5 Å². The van der Waals surface area contributed by atoms with Gasteiger partial charge in [-0.1, -0.05) is 37.1 Å². The average molecular weight is 419 g/mol. The number of esters is 1. The number of carbonyl (C=O) groups is 3. The van der Waals surface area contributed by atoms with Crippen molar-refractivity contribution in [3.8, 4) is 0 Å². The van der Waals surface area contributed by atoms with Gasteiger partial charge in [0.1, 0.15) is 11.6 Å². The highest BCUT2D eigenvalue weighted by molar-refractivity contribution is 5.87. The van der Waals surface area contributed by atoms with Gasteiger partial charge in [-0.25, -0.2) is 4.79 Å². The van der Waals surface area contributed by atoms with Gasteiger partial charge in [-0.05, 0) is 57.1 Å². The van der Waals surface area contributed by atoms with Crippen molar-refractivity contribution in [3.63, 3.8) is 0 Å². The third kappa shape index (κ3) is 7.78. The summed E-state index contributed by atoms with van der Waals surface area (Å²) in [6, 6.07) is 5.88. The number of carboxylic acids is 1. The first-order valence-electron chi connectivity index (χ1n) is 10.6. The summed E-state index contributed by atoms with van der Waals surface area (Å²) in [6.45, 7) is 5.28. The normalized spacial score (nSPS) is 16.7. The van der Waals surface area contributed by atoms with E-state index in [1.165, 1.54) is 18.4 Å². The first-order valence-corrected chi connectivity index (χ1v) is 10.6. The van der Waals surface area contributed by atoms with E-state index in [2.05, 4.69) is 11.4 Å². The fourth-order valence-electron chi connectivity index (χ4n) is 3.74. The highest BCUT2D eigenvalue weighted by Gasteiger charge is 2.25. The summed E-state index contributed by atoms with van der Waals surface area (Å²) < 4.78 is 5.20. The van der Waals surface area contributed by atoms with Crippen LogP contribution in [0.5, 0.6) is 0 Å². The molecule has 1 aliphatic carbocycles. The molecule has 1 fully saturated rings. The zero-order valence-corrected chi connectivity index (χ0v) is 18.1. The zero-order chi connectivity index (χ0) is 22.3. The Balaban J connectivity index is 1.91. The van der Waals surface area contributed by atoms with Gasteiger partial charge in [-0.2, -0.15) is 0 Å². The van der Waals surface area contributed by atoms with Crippen LogP contribution < -0.4 is 11.1 Å². The monoisotopic (exact) mass is 418 g/mol. The molecule has 166 valence electrons. The Bertz CT molecular complexity index is 750. The number of rotatable bonds is 9. The smallest absolute Gasteiger partial charge is 0.326 e. The molecule has 7 nitrogen and oxygen atoms in total. The summed E-state index contributed by atoms with van der Waals surface area (Å²) in [5.74, 6) is -1.61. The Morgan fingerprint density at radius 2 is 1.90 bits per heavy atom. The first kappa shape index (κ1) is 23.9. The van der Waals surface area contributed by atoms with Gasteiger partial charge >= 0.3 is 11.9 Å². The highest BCUT2D eigenvalue weighted by Crippen LogP contribution is 2.34. The molecule has 1 aromatic carbocycles. The van der Waals surface area contributed by atoms with E-state index in [4.69, 9.17) is 10.5 Å². The molecule has 7 heteroatoms. The summed E-state index contributed by atoms with van der Waals surface area (Å²) in [5, 5.41) is 12.1. The molecule has 1 aromatic rings. The van der Waals surface area contributed by atoms with Crippen molar-refractivity contribution in [1.29, 1.82) is 0 Å². The largest absolute Gasteiger partial charge is 0.480 e. The highest BCUT2D eigenvalue weighted by atomic mass is 16.6. The molecule has 0 radical (unpaired) electrons. The lowest BCUT2D eigenvalue weighted by Crippen LogP contribution is -2.49. The van der Waals surface area contributed by atoms with E-state index in [1.54, 1.807) is 20.8 Å². The van der Waals surface area contributed by atoms with Crippen LogP contribution in [0.15, 0.2) is 24.3 Å². The molecule has 0 saturated heterocycles. The third-order valence-corrected chi connectivity index (χ3v) is 5.25. The van der Waals surface area contributed by atoms with Crippen LogP contribution in [0.3, 0.4) is 0 Å². The summed E-state index contributed by atoms with van der Waals surface area (Å²) >= 11 is 0. The van der Waals surface area contributed by atoms with Crippen LogP contribution in [0.2, 0.25) is 0 Å². The molecule has 1 aliphatic rings. The Kier molecular flexibility index (Phi) is 8.41.